The number of rotatable bonds is 3. The van der Waals surface area contributed by atoms with Crippen LogP contribution < -0.4 is 10.5 Å². The van der Waals surface area contributed by atoms with Gasteiger partial charge in [0.05, 0.1) is 5.56 Å². The van der Waals surface area contributed by atoms with Crippen molar-refractivity contribution in [1.29, 1.82) is 5.41 Å². The molecule has 0 heterocycles. The van der Waals surface area contributed by atoms with E-state index < -0.39 is 0 Å². The highest BCUT2D eigenvalue weighted by Gasteiger charge is 2.13. The maximum absolute atomic E-state index is 7.62. The van der Waals surface area contributed by atoms with Crippen molar-refractivity contribution in [2.45, 2.75) is 19.3 Å². The Labute approximate surface area is 126 Å². The van der Waals surface area contributed by atoms with Crippen LogP contribution in [0.25, 0.3) is 0 Å². The van der Waals surface area contributed by atoms with Crippen LogP contribution in [0.4, 0.5) is 0 Å². The smallest absolute Gasteiger partial charge is 0.139 e. The van der Waals surface area contributed by atoms with Gasteiger partial charge in [0.25, 0.3) is 0 Å². The average molecular weight is 331 g/mol. The fourth-order valence-electron chi connectivity index (χ4n) is 2.54. The van der Waals surface area contributed by atoms with Crippen molar-refractivity contribution in [3.63, 3.8) is 0 Å². The zero-order valence-corrected chi connectivity index (χ0v) is 12.5. The molecule has 0 fully saturated rings. The predicted molar refractivity (Wildman–Crippen MR) is 83.7 cm³/mol. The summed E-state index contributed by atoms with van der Waals surface area (Å²) >= 11 is 3.42. The lowest BCUT2D eigenvalue weighted by molar-refractivity contribution is 0.480. The van der Waals surface area contributed by atoms with Crippen molar-refractivity contribution in [2.24, 2.45) is 5.73 Å². The van der Waals surface area contributed by atoms with Crippen LogP contribution in [0.1, 0.15) is 23.1 Å². The number of ether oxygens (including phenoxy) is 1. The largest absolute Gasteiger partial charge is 0.457 e. The number of amidine groups is 1. The molecule has 3 N–H and O–H groups in total. The van der Waals surface area contributed by atoms with Crippen LogP contribution in [-0.2, 0) is 12.8 Å². The van der Waals surface area contributed by atoms with Crippen molar-refractivity contribution < 1.29 is 4.74 Å². The Morgan fingerprint density at radius 3 is 2.70 bits per heavy atom. The zero-order valence-electron chi connectivity index (χ0n) is 10.9. The second-order valence-electron chi connectivity index (χ2n) is 4.94. The number of hydrogen-bond donors (Lipinski definition) is 2. The molecule has 1 aliphatic rings. The number of nitrogens with two attached hydrogens (primary N) is 1. The normalized spacial score (nSPS) is 13.1. The number of nitrogens with one attached hydrogen (secondary N) is 1. The first-order chi connectivity index (χ1) is 9.63. The SMILES string of the molecule is N=C(N)c1ccc(Br)cc1Oc1ccc2c(c1)CCC2. The van der Waals surface area contributed by atoms with Crippen LogP contribution in [0, 0.1) is 5.41 Å². The summed E-state index contributed by atoms with van der Waals surface area (Å²) < 4.78 is 6.83. The van der Waals surface area contributed by atoms with E-state index in [4.69, 9.17) is 15.9 Å². The predicted octanol–water partition coefficient (Wildman–Crippen LogP) is 4.01. The third kappa shape index (κ3) is 2.56. The number of halogens is 1. The first-order valence-electron chi connectivity index (χ1n) is 6.57. The van der Waals surface area contributed by atoms with Crippen LogP contribution in [-0.4, -0.2) is 5.84 Å². The summed E-state index contributed by atoms with van der Waals surface area (Å²) in [7, 11) is 0. The van der Waals surface area contributed by atoms with Gasteiger partial charge in [-0.15, -0.1) is 0 Å². The lowest BCUT2D eigenvalue weighted by Crippen LogP contribution is -2.12. The third-order valence-electron chi connectivity index (χ3n) is 3.53. The van der Waals surface area contributed by atoms with E-state index in [0.29, 0.717) is 11.3 Å². The molecule has 0 aromatic heterocycles. The van der Waals surface area contributed by atoms with E-state index in [1.54, 1.807) is 6.07 Å². The third-order valence-corrected chi connectivity index (χ3v) is 4.02. The Morgan fingerprint density at radius 2 is 1.90 bits per heavy atom. The first kappa shape index (κ1) is 13.2. The van der Waals surface area contributed by atoms with Crippen LogP contribution >= 0.6 is 15.9 Å². The molecular formula is C16H15BrN2O. The van der Waals surface area contributed by atoms with Crippen LogP contribution in [0.15, 0.2) is 40.9 Å². The molecule has 0 saturated heterocycles. The summed E-state index contributed by atoms with van der Waals surface area (Å²) in [5.41, 5.74) is 8.98. The van der Waals surface area contributed by atoms with E-state index in [1.165, 1.54) is 17.5 Å². The van der Waals surface area contributed by atoms with Crippen LogP contribution in [0.3, 0.4) is 0 Å². The quantitative estimate of drug-likeness (QED) is 0.659. The molecule has 102 valence electrons. The summed E-state index contributed by atoms with van der Waals surface area (Å²) in [5.74, 6) is 1.41. The Hall–Kier alpha value is -1.81. The Bertz CT molecular complexity index is 682. The maximum Gasteiger partial charge on any atom is 0.139 e. The number of nitrogen functional groups attached to an aromatic ring is 1. The lowest BCUT2D eigenvalue weighted by Gasteiger charge is -2.12. The highest BCUT2D eigenvalue weighted by Crippen LogP contribution is 2.31. The van der Waals surface area contributed by atoms with Crippen LogP contribution in [0.5, 0.6) is 11.5 Å². The van der Waals surface area contributed by atoms with E-state index in [1.807, 2.05) is 18.2 Å². The van der Waals surface area contributed by atoms with Gasteiger partial charge in [-0.2, -0.15) is 0 Å². The van der Waals surface area contributed by atoms with Gasteiger partial charge in [-0.1, -0.05) is 22.0 Å². The minimum Gasteiger partial charge on any atom is -0.457 e. The molecule has 0 unspecified atom stereocenters. The molecule has 2 aromatic rings. The van der Waals surface area contributed by atoms with Gasteiger partial charge in [0.1, 0.15) is 17.3 Å². The molecule has 0 spiro atoms. The fourth-order valence-corrected chi connectivity index (χ4v) is 2.88. The van der Waals surface area contributed by atoms with Gasteiger partial charge in [0, 0.05) is 4.47 Å². The second kappa shape index (κ2) is 5.29. The topological polar surface area (TPSA) is 59.1 Å². The molecule has 1 aliphatic carbocycles. The molecule has 0 radical (unpaired) electrons. The molecule has 0 amide bonds. The van der Waals surface area contributed by atoms with Crippen molar-refractivity contribution >= 4 is 21.8 Å². The minimum absolute atomic E-state index is 0.00802. The summed E-state index contributed by atoms with van der Waals surface area (Å²) in [6.45, 7) is 0. The van der Waals surface area contributed by atoms with Crippen molar-refractivity contribution in [1.82, 2.24) is 0 Å². The average Bonchev–Trinajstić information content (AvgIpc) is 2.85. The van der Waals surface area contributed by atoms with Crippen LogP contribution in [0.2, 0.25) is 0 Å². The number of hydrogen-bond acceptors (Lipinski definition) is 2. The summed E-state index contributed by atoms with van der Waals surface area (Å²) in [6.07, 6.45) is 3.49. The summed E-state index contributed by atoms with van der Waals surface area (Å²) in [4.78, 5) is 0. The van der Waals surface area contributed by atoms with Crippen molar-refractivity contribution in [2.75, 3.05) is 0 Å². The van der Waals surface area contributed by atoms with Gasteiger partial charge in [0.15, 0.2) is 0 Å². The Balaban J connectivity index is 1.95. The molecule has 0 bridgehead atoms. The van der Waals surface area contributed by atoms with E-state index >= 15 is 0 Å². The highest BCUT2D eigenvalue weighted by molar-refractivity contribution is 9.10. The maximum atomic E-state index is 7.62. The molecule has 3 rings (SSSR count). The van der Waals surface area contributed by atoms with Crippen molar-refractivity contribution in [3.8, 4) is 11.5 Å². The van der Waals surface area contributed by atoms with Gasteiger partial charge in [-0.25, -0.2) is 0 Å². The standard InChI is InChI=1S/C16H15BrN2O/c17-12-5-7-14(16(18)19)15(9-12)20-13-6-4-10-2-1-3-11(10)8-13/h4-9H,1-3H2,(H3,18,19). The number of fused-ring (bicyclic) bond motifs is 1. The summed E-state index contributed by atoms with van der Waals surface area (Å²) in [5, 5.41) is 7.62. The van der Waals surface area contributed by atoms with E-state index in [9.17, 15) is 0 Å². The van der Waals surface area contributed by atoms with Crippen molar-refractivity contribution in [3.05, 3.63) is 57.6 Å². The van der Waals surface area contributed by atoms with Gasteiger partial charge < -0.3 is 10.5 Å². The van der Waals surface area contributed by atoms with Gasteiger partial charge in [0.2, 0.25) is 0 Å². The molecule has 20 heavy (non-hydrogen) atoms. The lowest BCUT2D eigenvalue weighted by atomic mass is 10.1. The molecule has 3 nitrogen and oxygen atoms in total. The number of benzene rings is 2. The molecular weight excluding hydrogens is 316 g/mol. The Kier molecular flexibility index (Phi) is 3.49. The minimum atomic E-state index is 0.00802. The molecule has 4 heteroatoms. The Morgan fingerprint density at radius 1 is 1.10 bits per heavy atom. The van der Waals surface area contributed by atoms with E-state index in [-0.39, 0.29) is 5.84 Å². The molecule has 0 atom stereocenters. The van der Waals surface area contributed by atoms with Gasteiger partial charge in [-0.05, 0) is 60.7 Å². The highest BCUT2D eigenvalue weighted by atomic mass is 79.9. The van der Waals surface area contributed by atoms with E-state index in [0.717, 1.165) is 23.1 Å². The zero-order chi connectivity index (χ0) is 14.1. The van der Waals surface area contributed by atoms with Gasteiger partial charge in [-0.3, -0.25) is 5.41 Å². The molecule has 2 aromatic carbocycles. The monoisotopic (exact) mass is 330 g/mol. The summed E-state index contributed by atoms with van der Waals surface area (Å²) in [6, 6.07) is 11.7. The van der Waals surface area contributed by atoms with E-state index in [2.05, 4.69) is 28.1 Å². The first-order valence-corrected chi connectivity index (χ1v) is 7.36. The van der Waals surface area contributed by atoms with Gasteiger partial charge >= 0.3 is 0 Å². The second-order valence-corrected chi connectivity index (χ2v) is 5.86. The molecule has 0 aliphatic heterocycles. The number of aryl methyl sites for hydroxylation is 2. The molecule has 0 saturated carbocycles. The fraction of sp³-hybridized carbons (Fsp3) is 0.188.